The number of hydrogen-bond donors (Lipinski definition) is 2. The zero-order valence-electron chi connectivity index (χ0n) is 13.6. The number of nitrogens with one attached hydrogen (secondary N) is 2. The lowest BCUT2D eigenvalue weighted by Crippen LogP contribution is -2.47. The van der Waals surface area contributed by atoms with Crippen LogP contribution < -0.4 is 10.6 Å². The van der Waals surface area contributed by atoms with E-state index in [2.05, 4.69) is 20.5 Å². The third-order valence-corrected chi connectivity index (χ3v) is 4.39. The maximum absolute atomic E-state index is 11.4. The Morgan fingerprint density at radius 3 is 2.59 bits per heavy atom. The van der Waals surface area contributed by atoms with Gasteiger partial charge in [-0.15, -0.1) is 24.0 Å². The third kappa shape index (κ3) is 5.91. The van der Waals surface area contributed by atoms with Gasteiger partial charge in [0.15, 0.2) is 5.96 Å². The Kier molecular flexibility index (Phi) is 9.08. The number of ether oxygens (including phenoxy) is 1. The second kappa shape index (κ2) is 10.3. The molecule has 1 unspecified atom stereocenters. The van der Waals surface area contributed by atoms with Crippen molar-refractivity contribution < 1.29 is 9.53 Å². The maximum atomic E-state index is 11.4. The molecule has 0 aliphatic carbocycles. The third-order valence-electron chi connectivity index (χ3n) is 4.39. The van der Waals surface area contributed by atoms with Crippen LogP contribution in [0, 0.1) is 5.92 Å². The summed E-state index contributed by atoms with van der Waals surface area (Å²) >= 11 is 0. The summed E-state index contributed by atoms with van der Waals surface area (Å²) in [6, 6.07) is 0. The van der Waals surface area contributed by atoms with Crippen molar-refractivity contribution in [3.05, 3.63) is 0 Å². The van der Waals surface area contributed by atoms with Gasteiger partial charge in [0.2, 0.25) is 5.91 Å². The van der Waals surface area contributed by atoms with Gasteiger partial charge in [0, 0.05) is 46.8 Å². The van der Waals surface area contributed by atoms with Crippen molar-refractivity contribution in [2.75, 3.05) is 40.3 Å². The Hall–Kier alpha value is -0.570. The Morgan fingerprint density at radius 1 is 1.32 bits per heavy atom. The summed E-state index contributed by atoms with van der Waals surface area (Å²) in [7, 11) is 3.53. The molecule has 0 bridgehead atoms. The van der Waals surface area contributed by atoms with E-state index >= 15 is 0 Å². The second-order valence-electron chi connectivity index (χ2n) is 5.87. The first kappa shape index (κ1) is 19.5. The molecule has 2 heterocycles. The van der Waals surface area contributed by atoms with Crippen LogP contribution in [0.5, 0.6) is 0 Å². The van der Waals surface area contributed by atoms with E-state index < -0.39 is 0 Å². The number of amides is 1. The Labute approximate surface area is 150 Å². The minimum Gasteiger partial charge on any atom is -0.376 e. The maximum Gasteiger partial charge on any atom is 0.220 e. The molecule has 2 N–H and O–H groups in total. The molecule has 6 nitrogen and oxygen atoms in total. The number of aliphatic imine (C=N–C) groups is 1. The largest absolute Gasteiger partial charge is 0.376 e. The van der Waals surface area contributed by atoms with Crippen LogP contribution in [0.4, 0.5) is 0 Å². The summed E-state index contributed by atoms with van der Waals surface area (Å²) in [4.78, 5) is 18.1. The molecule has 2 fully saturated rings. The number of halogens is 1. The molecule has 2 aliphatic heterocycles. The van der Waals surface area contributed by atoms with E-state index in [1.54, 1.807) is 7.05 Å². The van der Waals surface area contributed by atoms with E-state index in [4.69, 9.17) is 4.74 Å². The van der Waals surface area contributed by atoms with Crippen molar-refractivity contribution in [1.29, 1.82) is 0 Å². The van der Waals surface area contributed by atoms with E-state index in [1.165, 1.54) is 0 Å². The van der Waals surface area contributed by atoms with Gasteiger partial charge >= 0.3 is 0 Å². The summed E-state index contributed by atoms with van der Waals surface area (Å²) in [5.41, 5.74) is 0. The fourth-order valence-electron chi connectivity index (χ4n) is 3.06. The van der Waals surface area contributed by atoms with Crippen LogP contribution in [0.15, 0.2) is 4.99 Å². The quantitative estimate of drug-likeness (QED) is 0.405. The Bertz CT molecular complexity index is 365. The number of carbonyl (C=O) groups is 1. The first-order chi connectivity index (χ1) is 10.2. The molecule has 7 heteroatoms. The SMILES string of the molecule is CN=C(NCC1CCCO1)N1CCC(CC(=O)NC)CC1.I. The van der Waals surface area contributed by atoms with Crippen LogP contribution >= 0.6 is 24.0 Å². The highest BCUT2D eigenvalue weighted by Gasteiger charge is 2.24. The molecule has 128 valence electrons. The molecule has 2 aliphatic rings. The molecule has 2 saturated heterocycles. The molecule has 1 atom stereocenters. The van der Waals surface area contributed by atoms with Crippen molar-refractivity contribution in [1.82, 2.24) is 15.5 Å². The number of hydrogen-bond acceptors (Lipinski definition) is 3. The number of carbonyl (C=O) groups excluding carboxylic acids is 1. The van der Waals surface area contributed by atoms with Gasteiger partial charge in [-0.1, -0.05) is 0 Å². The molecule has 0 aromatic rings. The summed E-state index contributed by atoms with van der Waals surface area (Å²) in [6.07, 6.45) is 5.37. The van der Waals surface area contributed by atoms with E-state index in [1.807, 2.05) is 7.05 Å². The molecular weight excluding hydrogens is 395 g/mol. The average molecular weight is 424 g/mol. The molecule has 0 spiro atoms. The van der Waals surface area contributed by atoms with Crippen LogP contribution in [0.2, 0.25) is 0 Å². The van der Waals surface area contributed by atoms with Gasteiger partial charge in [-0.25, -0.2) is 0 Å². The van der Waals surface area contributed by atoms with E-state index in [-0.39, 0.29) is 29.9 Å². The van der Waals surface area contributed by atoms with Gasteiger partial charge < -0.3 is 20.3 Å². The highest BCUT2D eigenvalue weighted by atomic mass is 127. The number of piperidine rings is 1. The first-order valence-corrected chi connectivity index (χ1v) is 8.00. The van der Waals surface area contributed by atoms with E-state index in [9.17, 15) is 4.79 Å². The average Bonchev–Trinajstić information content (AvgIpc) is 3.02. The molecule has 22 heavy (non-hydrogen) atoms. The van der Waals surface area contributed by atoms with Crippen LogP contribution in [-0.4, -0.2) is 63.2 Å². The lowest BCUT2D eigenvalue weighted by Gasteiger charge is -2.34. The van der Waals surface area contributed by atoms with Crippen LogP contribution in [0.25, 0.3) is 0 Å². The molecule has 0 radical (unpaired) electrons. The lowest BCUT2D eigenvalue weighted by atomic mass is 9.93. The Morgan fingerprint density at radius 2 is 2.05 bits per heavy atom. The summed E-state index contributed by atoms with van der Waals surface area (Å²) in [5, 5.41) is 6.13. The number of nitrogens with zero attached hydrogens (tertiary/aromatic N) is 2. The molecule has 1 amide bonds. The fraction of sp³-hybridized carbons (Fsp3) is 0.867. The summed E-state index contributed by atoms with van der Waals surface area (Å²) in [5.74, 6) is 1.61. The van der Waals surface area contributed by atoms with Crippen molar-refractivity contribution in [2.45, 2.75) is 38.2 Å². The van der Waals surface area contributed by atoms with Crippen LogP contribution in [0.3, 0.4) is 0 Å². The molecule has 2 rings (SSSR count). The van der Waals surface area contributed by atoms with Crippen molar-refractivity contribution in [3.8, 4) is 0 Å². The number of likely N-dealkylation sites (tertiary alicyclic amines) is 1. The molecule has 0 saturated carbocycles. The minimum absolute atomic E-state index is 0. The van der Waals surface area contributed by atoms with Gasteiger partial charge in [0.25, 0.3) is 0 Å². The van der Waals surface area contributed by atoms with Gasteiger partial charge in [-0.2, -0.15) is 0 Å². The van der Waals surface area contributed by atoms with Gasteiger partial charge in [0.05, 0.1) is 6.10 Å². The molecule has 0 aromatic carbocycles. The zero-order valence-corrected chi connectivity index (χ0v) is 16.0. The van der Waals surface area contributed by atoms with Gasteiger partial charge in [0.1, 0.15) is 0 Å². The molecular formula is C15H29IN4O2. The highest BCUT2D eigenvalue weighted by molar-refractivity contribution is 14.0. The van der Waals surface area contributed by atoms with Crippen LogP contribution in [0.1, 0.15) is 32.1 Å². The zero-order chi connectivity index (χ0) is 15.1. The number of guanidine groups is 1. The Balaban J connectivity index is 0.00000242. The smallest absolute Gasteiger partial charge is 0.220 e. The fourth-order valence-corrected chi connectivity index (χ4v) is 3.06. The van der Waals surface area contributed by atoms with E-state index in [0.717, 1.165) is 57.9 Å². The standard InChI is InChI=1S/C15H28N4O2.HI/c1-16-14(20)10-12-5-7-19(8-6-12)15(17-2)18-11-13-4-3-9-21-13;/h12-13H,3-11H2,1-2H3,(H,16,20)(H,17,18);1H. The monoisotopic (exact) mass is 424 g/mol. The number of rotatable bonds is 4. The second-order valence-corrected chi connectivity index (χ2v) is 5.87. The summed E-state index contributed by atoms with van der Waals surface area (Å²) < 4.78 is 5.63. The summed E-state index contributed by atoms with van der Waals surface area (Å²) in [6.45, 7) is 3.65. The van der Waals surface area contributed by atoms with Crippen molar-refractivity contribution in [2.24, 2.45) is 10.9 Å². The first-order valence-electron chi connectivity index (χ1n) is 8.00. The normalized spacial score (nSPS) is 23.1. The van der Waals surface area contributed by atoms with Crippen molar-refractivity contribution >= 4 is 35.8 Å². The van der Waals surface area contributed by atoms with Crippen LogP contribution in [-0.2, 0) is 9.53 Å². The highest BCUT2D eigenvalue weighted by Crippen LogP contribution is 2.20. The lowest BCUT2D eigenvalue weighted by molar-refractivity contribution is -0.121. The minimum atomic E-state index is 0. The predicted octanol–water partition coefficient (Wildman–Crippen LogP) is 1.21. The van der Waals surface area contributed by atoms with Crippen molar-refractivity contribution in [3.63, 3.8) is 0 Å². The van der Waals surface area contributed by atoms with Gasteiger partial charge in [-0.05, 0) is 31.6 Å². The van der Waals surface area contributed by atoms with Gasteiger partial charge in [-0.3, -0.25) is 9.79 Å². The predicted molar refractivity (Wildman–Crippen MR) is 98.7 cm³/mol. The molecule has 0 aromatic heterocycles. The topological polar surface area (TPSA) is 66.0 Å². The van der Waals surface area contributed by atoms with E-state index in [0.29, 0.717) is 18.4 Å².